The first kappa shape index (κ1) is 22.4. The monoisotopic (exact) mass is 454 g/mol. The molecule has 1 aliphatic heterocycles. The highest BCUT2D eigenvalue weighted by Crippen LogP contribution is 2.30. The highest BCUT2D eigenvalue weighted by Gasteiger charge is 2.28. The van der Waals surface area contributed by atoms with E-state index in [-0.39, 0.29) is 21.2 Å². The highest BCUT2D eigenvalue weighted by atomic mass is 32.2. The lowest BCUT2D eigenvalue weighted by molar-refractivity contribution is 0.288. The average molecular weight is 455 g/mol. The van der Waals surface area contributed by atoms with Crippen LogP contribution in [-0.4, -0.2) is 48.4 Å². The van der Waals surface area contributed by atoms with Crippen molar-refractivity contribution in [2.24, 2.45) is 5.92 Å². The molecule has 0 spiro atoms. The fourth-order valence-electron chi connectivity index (χ4n) is 3.28. The van der Waals surface area contributed by atoms with E-state index in [9.17, 15) is 16.8 Å². The molecule has 0 atom stereocenters. The van der Waals surface area contributed by atoms with Gasteiger partial charge in [-0.2, -0.15) is 4.31 Å². The van der Waals surface area contributed by atoms with Crippen LogP contribution in [0.5, 0.6) is 11.5 Å². The van der Waals surface area contributed by atoms with Crippen LogP contribution in [-0.2, 0) is 20.0 Å². The molecule has 0 bridgehead atoms. The predicted octanol–water partition coefficient (Wildman–Crippen LogP) is 2.93. The Bertz CT molecular complexity index is 1090. The van der Waals surface area contributed by atoms with Crippen molar-refractivity contribution in [2.75, 3.05) is 32.0 Å². The normalized spacial score (nSPS) is 16.2. The van der Waals surface area contributed by atoms with Crippen LogP contribution in [0.15, 0.2) is 52.3 Å². The van der Waals surface area contributed by atoms with Crippen LogP contribution in [0.25, 0.3) is 0 Å². The van der Waals surface area contributed by atoms with Gasteiger partial charge in [-0.25, -0.2) is 16.8 Å². The van der Waals surface area contributed by atoms with Gasteiger partial charge in [-0.15, -0.1) is 0 Å². The fraction of sp³-hybridized carbons (Fsp3) is 0.400. The van der Waals surface area contributed by atoms with Crippen molar-refractivity contribution in [3.05, 3.63) is 42.5 Å². The van der Waals surface area contributed by atoms with E-state index in [2.05, 4.69) is 11.6 Å². The molecule has 1 fully saturated rings. The SMILES string of the molecule is COc1ccc(S(=O)(=O)Nc2ccc(S(=O)(=O)N3CCC(C)CC3)cc2)c(OC)c1. The number of rotatable bonds is 7. The molecule has 0 saturated carbocycles. The summed E-state index contributed by atoms with van der Waals surface area (Å²) in [5.74, 6) is 1.12. The number of benzene rings is 2. The van der Waals surface area contributed by atoms with Gasteiger partial charge in [-0.05, 0) is 55.2 Å². The number of nitrogens with zero attached hydrogens (tertiary/aromatic N) is 1. The molecule has 1 N–H and O–H groups in total. The third kappa shape index (κ3) is 4.71. The molecular formula is C20H26N2O6S2. The van der Waals surface area contributed by atoms with E-state index in [1.807, 2.05) is 0 Å². The Balaban J connectivity index is 1.80. The number of nitrogens with one attached hydrogen (secondary N) is 1. The van der Waals surface area contributed by atoms with E-state index in [4.69, 9.17) is 9.47 Å². The summed E-state index contributed by atoms with van der Waals surface area (Å²) in [6.07, 6.45) is 1.67. The Morgan fingerprint density at radius 3 is 2.13 bits per heavy atom. The molecule has 1 saturated heterocycles. The quantitative estimate of drug-likeness (QED) is 0.690. The van der Waals surface area contributed by atoms with Crippen LogP contribution in [0.1, 0.15) is 19.8 Å². The summed E-state index contributed by atoms with van der Waals surface area (Å²) in [4.78, 5) is 0.0898. The third-order valence-electron chi connectivity index (χ3n) is 5.15. The number of sulfonamides is 2. The summed E-state index contributed by atoms with van der Waals surface area (Å²) >= 11 is 0. The molecule has 0 amide bonds. The Labute approximate surface area is 177 Å². The lowest BCUT2D eigenvalue weighted by Gasteiger charge is -2.29. The number of hydrogen-bond donors (Lipinski definition) is 1. The zero-order valence-corrected chi connectivity index (χ0v) is 18.8. The highest BCUT2D eigenvalue weighted by molar-refractivity contribution is 7.92. The van der Waals surface area contributed by atoms with Crippen LogP contribution in [0.4, 0.5) is 5.69 Å². The summed E-state index contributed by atoms with van der Waals surface area (Å²) in [5.41, 5.74) is 0.249. The molecule has 0 radical (unpaired) electrons. The molecule has 0 aromatic heterocycles. The summed E-state index contributed by atoms with van der Waals surface area (Å²) < 4.78 is 65.4. The van der Waals surface area contributed by atoms with E-state index in [1.165, 1.54) is 61.0 Å². The largest absolute Gasteiger partial charge is 0.497 e. The number of methoxy groups -OCH3 is 2. The van der Waals surface area contributed by atoms with Gasteiger partial charge in [0.2, 0.25) is 10.0 Å². The minimum absolute atomic E-state index is 0.0510. The Morgan fingerprint density at radius 2 is 1.57 bits per heavy atom. The van der Waals surface area contributed by atoms with E-state index in [0.29, 0.717) is 24.8 Å². The standard InChI is InChI=1S/C20H26N2O6S2/c1-15-10-12-22(13-11-15)30(25,26)18-7-4-16(5-8-18)21-29(23,24)20-9-6-17(27-2)14-19(20)28-3/h4-9,14-15,21H,10-13H2,1-3H3. The maximum atomic E-state index is 12.8. The van der Waals surface area contributed by atoms with Crippen molar-refractivity contribution in [3.8, 4) is 11.5 Å². The molecule has 1 aliphatic rings. The van der Waals surface area contributed by atoms with Gasteiger partial charge in [0.25, 0.3) is 10.0 Å². The van der Waals surface area contributed by atoms with E-state index >= 15 is 0 Å². The van der Waals surface area contributed by atoms with Crippen LogP contribution in [0.2, 0.25) is 0 Å². The Hall–Kier alpha value is -2.30. The smallest absolute Gasteiger partial charge is 0.265 e. The molecular weight excluding hydrogens is 428 g/mol. The van der Waals surface area contributed by atoms with Gasteiger partial charge in [0.15, 0.2) is 0 Å². The molecule has 2 aromatic carbocycles. The molecule has 3 rings (SSSR count). The van der Waals surface area contributed by atoms with Crippen molar-refractivity contribution in [2.45, 2.75) is 29.6 Å². The van der Waals surface area contributed by atoms with Crippen molar-refractivity contribution in [1.29, 1.82) is 0 Å². The molecule has 0 aliphatic carbocycles. The first-order valence-electron chi connectivity index (χ1n) is 9.52. The topological polar surface area (TPSA) is 102 Å². The van der Waals surface area contributed by atoms with Crippen LogP contribution in [0.3, 0.4) is 0 Å². The summed E-state index contributed by atoms with van der Waals surface area (Å²) in [5, 5.41) is 0. The first-order valence-corrected chi connectivity index (χ1v) is 12.4. The number of hydrogen-bond acceptors (Lipinski definition) is 6. The number of ether oxygens (including phenoxy) is 2. The maximum Gasteiger partial charge on any atom is 0.265 e. The summed E-state index contributed by atoms with van der Waals surface area (Å²) in [6, 6.07) is 10.1. The second-order valence-electron chi connectivity index (χ2n) is 7.23. The lowest BCUT2D eigenvalue weighted by atomic mass is 10.0. The van der Waals surface area contributed by atoms with Crippen LogP contribution < -0.4 is 14.2 Å². The zero-order chi connectivity index (χ0) is 21.9. The maximum absolute atomic E-state index is 12.8. The van der Waals surface area contributed by atoms with Gasteiger partial charge in [-0.3, -0.25) is 4.72 Å². The van der Waals surface area contributed by atoms with E-state index < -0.39 is 20.0 Å². The minimum Gasteiger partial charge on any atom is -0.497 e. The van der Waals surface area contributed by atoms with Crippen LogP contribution >= 0.6 is 0 Å². The van der Waals surface area contributed by atoms with Crippen molar-refractivity contribution in [3.63, 3.8) is 0 Å². The molecule has 10 heteroatoms. The zero-order valence-electron chi connectivity index (χ0n) is 17.2. The number of piperidine rings is 1. The summed E-state index contributed by atoms with van der Waals surface area (Å²) in [6.45, 7) is 3.10. The first-order chi connectivity index (χ1) is 14.2. The molecule has 2 aromatic rings. The summed E-state index contributed by atoms with van der Waals surface area (Å²) in [7, 11) is -4.70. The van der Waals surface area contributed by atoms with Gasteiger partial charge in [0.05, 0.1) is 19.1 Å². The Morgan fingerprint density at radius 1 is 0.933 bits per heavy atom. The van der Waals surface area contributed by atoms with Gasteiger partial charge >= 0.3 is 0 Å². The second-order valence-corrected chi connectivity index (χ2v) is 10.8. The van der Waals surface area contributed by atoms with Crippen LogP contribution in [0, 0.1) is 5.92 Å². The van der Waals surface area contributed by atoms with Crippen molar-refractivity contribution in [1.82, 2.24) is 4.31 Å². The average Bonchev–Trinajstić information content (AvgIpc) is 2.73. The van der Waals surface area contributed by atoms with Gasteiger partial charge < -0.3 is 9.47 Å². The molecule has 1 heterocycles. The van der Waals surface area contributed by atoms with Gasteiger partial charge in [-0.1, -0.05) is 6.92 Å². The minimum atomic E-state index is -3.95. The second kappa shape index (κ2) is 8.83. The van der Waals surface area contributed by atoms with Crippen molar-refractivity contribution >= 4 is 25.7 Å². The molecule has 8 nitrogen and oxygen atoms in total. The third-order valence-corrected chi connectivity index (χ3v) is 8.48. The van der Waals surface area contributed by atoms with Gasteiger partial charge in [0.1, 0.15) is 16.4 Å². The Kier molecular flexibility index (Phi) is 6.59. The molecule has 30 heavy (non-hydrogen) atoms. The fourth-order valence-corrected chi connectivity index (χ4v) is 5.96. The molecule has 0 unspecified atom stereocenters. The van der Waals surface area contributed by atoms with Gasteiger partial charge in [0, 0.05) is 24.8 Å². The molecule has 164 valence electrons. The lowest BCUT2D eigenvalue weighted by Crippen LogP contribution is -2.37. The van der Waals surface area contributed by atoms with E-state index in [0.717, 1.165) is 12.8 Å². The predicted molar refractivity (Wildman–Crippen MR) is 114 cm³/mol. The van der Waals surface area contributed by atoms with E-state index in [1.54, 1.807) is 0 Å². The van der Waals surface area contributed by atoms with Crippen molar-refractivity contribution < 1.29 is 26.3 Å². The number of anilines is 1.